The second-order valence-corrected chi connectivity index (χ2v) is 7.07. The van der Waals surface area contributed by atoms with E-state index in [0.717, 1.165) is 27.6 Å². The number of hydrazone groups is 1. The van der Waals surface area contributed by atoms with Crippen LogP contribution in [-0.4, -0.2) is 15.6 Å². The van der Waals surface area contributed by atoms with Gasteiger partial charge in [0.25, 0.3) is 0 Å². The molecule has 0 aliphatic rings. The van der Waals surface area contributed by atoms with E-state index in [2.05, 4.69) is 51.3 Å². The number of fused-ring (bicyclic) bond motifs is 2. The predicted octanol–water partition coefficient (Wildman–Crippen LogP) is 5.66. The molecule has 1 N–H and O–H groups in total. The zero-order chi connectivity index (χ0) is 18.1. The molecule has 0 unspecified atom stereocenters. The summed E-state index contributed by atoms with van der Waals surface area (Å²) in [4.78, 5) is 5.73. The Hall–Kier alpha value is -3.44. The van der Waals surface area contributed by atoms with Crippen LogP contribution < -0.4 is 5.43 Å². The summed E-state index contributed by atoms with van der Waals surface area (Å²) in [6.07, 6.45) is 3.86. The summed E-state index contributed by atoms with van der Waals surface area (Å²) in [7, 11) is 0. The van der Waals surface area contributed by atoms with Crippen LogP contribution in [0, 0.1) is 0 Å². The number of anilines is 1. The number of thiazole rings is 1. The molecular formula is C22H16N4S. The maximum atomic E-state index is 4.77. The van der Waals surface area contributed by atoms with Gasteiger partial charge in [0, 0.05) is 17.1 Å². The molecule has 3 aromatic carbocycles. The number of hydrogen-bond acceptors (Lipinski definition) is 4. The van der Waals surface area contributed by atoms with E-state index in [4.69, 9.17) is 4.98 Å². The van der Waals surface area contributed by atoms with Crippen LogP contribution in [0.5, 0.6) is 0 Å². The molecule has 0 fully saturated rings. The Morgan fingerprint density at radius 2 is 1.74 bits per heavy atom. The standard InChI is InChI=1S/C22H16N4S/c1-2-7-17(8-3-1)21-20(26-12-13-27-22(26)24-21)15-23-25-19-11-10-16-6-4-5-9-18(16)14-19/h1-15,25H/b23-15-. The summed E-state index contributed by atoms with van der Waals surface area (Å²) in [5, 5.41) is 8.91. The first-order valence-electron chi connectivity index (χ1n) is 8.67. The Morgan fingerprint density at radius 3 is 2.63 bits per heavy atom. The lowest BCUT2D eigenvalue weighted by molar-refractivity contribution is 1.21. The van der Waals surface area contributed by atoms with E-state index in [1.54, 1.807) is 11.3 Å². The molecule has 0 atom stereocenters. The SMILES string of the molecule is C(=N/Nc1ccc2ccccc2c1)/c1c(-c2ccccc2)nc2sccn12. The van der Waals surface area contributed by atoms with E-state index >= 15 is 0 Å². The average molecular weight is 368 g/mol. The number of hydrogen-bond donors (Lipinski definition) is 1. The third kappa shape index (κ3) is 2.98. The normalized spacial score (nSPS) is 11.6. The molecule has 0 spiro atoms. The third-order valence-electron chi connectivity index (χ3n) is 4.48. The molecule has 0 saturated carbocycles. The van der Waals surface area contributed by atoms with Crippen LogP contribution in [0.2, 0.25) is 0 Å². The third-order valence-corrected chi connectivity index (χ3v) is 5.23. The lowest BCUT2D eigenvalue weighted by Gasteiger charge is -2.03. The molecule has 2 aromatic heterocycles. The number of imidazole rings is 1. The Balaban J connectivity index is 1.49. The van der Waals surface area contributed by atoms with Crippen LogP contribution in [0.3, 0.4) is 0 Å². The lowest BCUT2D eigenvalue weighted by atomic mass is 10.1. The number of nitrogens with zero attached hydrogens (tertiary/aromatic N) is 3. The maximum absolute atomic E-state index is 4.77. The molecule has 0 saturated heterocycles. The molecule has 5 heteroatoms. The van der Waals surface area contributed by atoms with Gasteiger partial charge in [0.1, 0.15) is 0 Å². The zero-order valence-electron chi connectivity index (χ0n) is 14.4. The predicted molar refractivity (Wildman–Crippen MR) is 114 cm³/mol. The molecule has 4 nitrogen and oxygen atoms in total. The summed E-state index contributed by atoms with van der Waals surface area (Å²) < 4.78 is 2.07. The lowest BCUT2D eigenvalue weighted by Crippen LogP contribution is -1.95. The van der Waals surface area contributed by atoms with Gasteiger partial charge in [0.2, 0.25) is 0 Å². The first-order valence-corrected chi connectivity index (χ1v) is 9.55. The van der Waals surface area contributed by atoms with Crippen molar-refractivity contribution in [3.8, 4) is 11.3 Å². The van der Waals surface area contributed by atoms with Crippen molar-refractivity contribution in [1.82, 2.24) is 9.38 Å². The van der Waals surface area contributed by atoms with Crippen molar-refractivity contribution in [2.24, 2.45) is 5.10 Å². The topological polar surface area (TPSA) is 41.7 Å². The van der Waals surface area contributed by atoms with E-state index in [9.17, 15) is 0 Å². The summed E-state index contributed by atoms with van der Waals surface area (Å²) in [5.74, 6) is 0. The fourth-order valence-corrected chi connectivity index (χ4v) is 3.88. The van der Waals surface area contributed by atoms with E-state index in [0.29, 0.717) is 0 Å². The van der Waals surface area contributed by atoms with E-state index in [1.165, 1.54) is 10.8 Å². The highest BCUT2D eigenvalue weighted by molar-refractivity contribution is 7.15. The van der Waals surface area contributed by atoms with Crippen molar-refractivity contribution in [2.75, 3.05) is 5.43 Å². The zero-order valence-corrected chi connectivity index (χ0v) is 15.2. The largest absolute Gasteiger partial charge is 0.289 e. The molecule has 0 radical (unpaired) electrons. The van der Waals surface area contributed by atoms with Gasteiger partial charge in [-0.2, -0.15) is 5.10 Å². The molecule has 2 heterocycles. The second-order valence-electron chi connectivity index (χ2n) is 6.20. The molecule has 5 aromatic rings. The van der Waals surface area contributed by atoms with Crippen LogP contribution in [0.15, 0.2) is 89.5 Å². The van der Waals surface area contributed by atoms with Crippen molar-refractivity contribution in [3.05, 3.63) is 90.1 Å². The number of benzene rings is 3. The molecule has 130 valence electrons. The van der Waals surface area contributed by atoms with Crippen LogP contribution in [0.25, 0.3) is 27.0 Å². The number of aromatic nitrogens is 2. The molecule has 27 heavy (non-hydrogen) atoms. The molecule has 0 bridgehead atoms. The van der Waals surface area contributed by atoms with Gasteiger partial charge >= 0.3 is 0 Å². The van der Waals surface area contributed by atoms with Gasteiger partial charge in [-0.1, -0.05) is 60.7 Å². The monoisotopic (exact) mass is 368 g/mol. The van der Waals surface area contributed by atoms with Gasteiger partial charge in [-0.05, 0) is 22.9 Å². The molecule has 0 aliphatic heterocycles. The van der Waals surface area contributed by atoms with Gasteiger partial charge in [-0.15, -0.1) is 11.3 Å². The summed E-state index contributed by atoms with van der Waals surface area (Å²) >= 11 is 1.62. The van der Waals surface area contributed by atoms with Crippen molar-refractivity contribution in [3.63, 3.8) is 0 Å². The van der Waals surface area contributed by atoms with Crippen molar-refractivity contribution >= 4 is 39.0 Å². The first-order chi connectivity index (χ1) is 13.4. The highest BCUT2D eigenvalue weighted by atomic mass is 32.1. The summed E-state index contributed by atoms with van der Waals surface area (Å²) in [6, 6.07) is 24.7. The van der Waals surface area contributed by atoms with Gasteiger partial charge in [-0.25, -0.2) is 4.98 Å². The minimum atomic E-state index is 0.937. The van der Waals surface area contributed by atoms with Crippen LogP contribution in [-0.2, 0) is 0 Å². The Labute approximate surface area is 160 Å². The smallest absolute Gasteiger partial charge is 0.194 e. The molecule has 0 amide bonds. The average Bonchev–Trinajstić information content (AvgIpc) is 3.31. The first kappa shape index (κ1) is 15.8. The molecule has 5 rings (SSSR count). The summed E-state index contributed by atoms with van der Waals surface area (Å²) in [5.41, 5.74) is 7.08. The van der Waals surface area contributed by atoms with Crippen LogP contribution >= 0.6 is 11.3 Å². The number of nitrogens with one attached hydrogen (secondary N) is 1. The summed E-state index contributed by atoms with van der Waals surface area (Å²) in [6.45, 7) is 0. The minimum Gasteiger partial charge on any atom is -0.289 e. The van der Waals surface area contributed by atoms with Crippen molar-refractivity contribution in [2.45, 2.75) is 0 Å². The Morgan fingerprint density at radius 1 is 0.926 bits per heavy atom. The van der Waals surface area contributed by atoms with Gasteiger partial charge < -0.3 is 0 Å². The van der Waals surface area contributed by atoms with Crippen LogP contribution in [0.1, 0.15) is 5.69 Å². The minimum absolute atomic E-state index is 0.937. The Kier molecular flexibility index (Phi) is 3.92. The van der Waals surface area contributed by atoms with E-state index < -0.39 is 0 Å². The van der Waals surface area contributed by atoms with Crippen molar-refractivity contribution < 1.29 is 0 Å². The Bertz CT molecular complexity index is 1250. The van der Waals surface area contributed by atoms with Gasteiger partial charge in [0.15, 0.2) is 4.96 Å². The fraction of sp³-hybridized carbons (Fsp3) is 0. The second kappa shape index (κ2) is 6.70. The number of rotatable bonds is 4. The van der Waals surface area contributed by atoms with Gasteiger partial charge in [0.05, 0.1) is 23.3 Å². The maximum Gasteiger partial charge on any atom is 0.194 e. The van der Waals surface area contributed by atoms with Crippen LogP contribution in [0.4, 0.5) is 5.69 Å². The van der Waals surface area contributed by atoms with Crippen molar-refractivity contribution in [1.29, 1.82) is 0 Å². The molecular weight excluding hydrogens is 352 g/mol. The van der Waals surface area contributed by atoms with E-state index in [1.807, 2.05) is 54.2 Å². The highest BCUT2D eigenvalue weighted by Gasteiger charge is 2.13. The highest BCUT2D eigenvalue weighted by Crippen LogP contribution is 2.25. The quantitative estimate of drug-likeness (QED) is 0.328. The van der Waals surface area contributed by atoms with E-state index in [-0.39, 0.29) is 0 Å². The fourth-order valence-electron chi connectivity index (χ4n) is 3.16. The van der Waals surface area contributed by atoms with Gasteiger partial charge in [-0.3, -0.25) is 9.83 Å². The molecule has 0 aliphatic carbocycles.